The van der Waals surface area contributed by atoms with E-state index in [0.29, 0.717) is 25.2 Å². The molecule has 3 amide bonds. The lowest BCUT2D eigenvalue weighted by Gasteiger charge is -2.34. The fourth-order valence-corrected chi connectivity index (χ4v) is 4.10. The van der Waals surface area contributed by atoms with Gasteiger partial charge in [-0.15, -0.1) is 0 Å². The van der Waals surface area contributed by atoms with Crippen LogP contribution in [0.25, 0.3) is 0 Å². The summed E-state index contributed by atoms with van der Waals surface area (Å²) in [5.74, 6) is -0.621. The van der Waals surface area contributed by atoms with Gasteiger partial charge in [0.1, 0.15) is 12.1 Å². The van der Waals surface area contributed by atoms with Crippen LogP contribution in [0.4, 0.5) is 0 Å². The van der Waals surface area contributed by atoms with Crippen molar-refractivity contribution in [3.63, 3.8) is 0 Å². The molecule has 204 valence electrons. The number of Topliss-reactive ketones (excluding diaryl/α,β-unsaturated/α-hetero) is 1. The number of likely N-dealkylation sites (N-methyl/N-ethyl adjacent to an activating group) is 2. The fourth-order valence-electron chi connectivity index (χ4n) is 4.10. The fraction of sp³-hybridized carbons (Fsp3) is 0.852. The maximum absolute atomic E-state index is 13.6. The van der Waals surface area contributed by atoms with E-state index in [9.17, 15) is 19.2 Å². The summed E-state index contributed by atoms with van der Waals surface area (Å²) in [7, 11) is 3.35. The highest BCUT2D eigenvalue weighted by molar-refractivity contribution is 5.94. The standard InChI is InChI=1S/C27H52N4O4/c1-11-12-13-14-21(20(8)32)29-26(34)23(16-18(4)5)31(10)27(35)24(19(6)7)30-25(33)22(28-9)15-17(2)3/h17-19,21-24,28H,11-16H2,1-10H3,(H,29,34)(H,30,33). The van der Waals surface area contributed by atoms with E-state index in [1.807, 2.05) is 41.5 Å². The zero-order chi connectivity index (χ0) is 27.3. The molecule has 8 nitrogen and oxygen atoms in total. The van der Waals surface area contributed by atoms with Gasteiger partial charge in [0.25, 0.3) is 0 Å². The number of carbonyl (C=O) groups excluding carboxylic acids is 4. The Hall–Kier alpha value is -1.96. The third-order valence-electron chi connectivity index (χ3n) is 6.32. The molecule has 0 bridgehead atoms. The van der Waals surface area contributed by atoms with Gasteiger partial charge in [0.15, 0.2) is 5.78 Å². The number of rotatable bonds is 17. The second kappa shape index (κ2) is 16.7. The maximum atomic E-state index is 13.6. The molecule has 35 heavy (non-hydrogen) atoms. The maximum Gasteiger partial charge on any atom is 0.245 e. The molecule has 0 aromatic rings. The lowest BCUT2D eigenvalue weighted by molar-refractivity contribution is -0.144. The van der Waals surface area contributed by atoms with E-state index in [0.717, 1.165) is 19.3 Å². The molecule has 0 fully saturated rings. The smallest absolute Gasteiger partial charge is 0.245 e. The second-order valence-electron chi connectivity index (χ2n) is 11.0. The highest BCUT2D eigenvalue weighted by Gasteiger charge is 2.35. The van der Waals surface area contributed by atoms with Crippen LogP contribution in [0.1, 0.15) is 93.9 Å². The van der Waals surface area contributed by atoms with Gasteiger partial charge >= 0.3 is 0 Å². The van der Waals surface area contributed by atoms with Crippen molar-refractivity contribution < 1.29 is 19.2 Å². The van der Waals surface area contributed by atoms with Crippen LogP contribution in [-0.4, -0.2) is 66.7 Å². The number of unbranched alkanes of at least 4 members (excludes halogenated alkanes) is 2. The van der Waals surface area contributed by atoms with Gasteiger partial charge in [0.05, 0.1) is 12.1 Å². The Balaban J connectivity index is 5.69. The minimum Gasteiger partial charge on any atom is -0.345 e. The summed E-state index contributed by atoms with van der Waals surface area (Å²) in [5, 5.41) is 8.84. The Morgan fingerprint density at radius 2 is 1.37 bits per heavy atom. The highest BCUT2D eigenvalue weighted by Crippen LogP contribution is 2.16. The lowest BCUT2D eigenvalue weighted by Crippen LogP contribution is -2.59. The van der Waals surface area contributed by atoms with Crippen molar-refractivity contribution in [1.29, 1.82) is 0 Å². The van der Waals surface area contributed by atoms with Gasteiger partial charge in [-0.05, 0) is 51.0 Å². The Kier molecular flexibility index (Phi) is 15.7. The number of carbonyl (C=O) groups is 4. The van der Waals surface area contributed by atoms with Crippen molar-refractivity contribution in [3.8, 4) is 0 Å². The van der Waals surface area contributed by atoms with E-state index in [1.54, 1.807) is 14.1 Å². The zero-order valence-electron chi connectivity index (χ0n) is 23.9. The number of nitrogens with zero attached hydrogens (tertiary/aromatic N) is 1. The van der Waals surface area contributed by atoms with Crippen LogP contribution in [0.15, 0.2) is 0 Å². The van der Waals surface area contributed by atoms with Gasteiger partial charge < -0.3 is 20.9 Å². The molecule has 0 saturated carbocycles. The van der Waals surface area contributed by atoms with Crippen LogP contribution in [0.2, 0.25) is 0 Å². The topological polar surface area (TPSA) is 108 Å². The molecule has 0 aliphatic heterocycles. The Morgan fingerprint density at radius 1 is 0.800 bits per heavy atom. The van der Waals surface area contributed by atoms with E-state index in [4.69, 9.17) is 0 Å². The predicted octanol–water partition coefficient (Wildman–Crippen LogP) is 3.29. The van der Waals surface area contributed by atoms with Gasteiger partial charge in [-0.3, -0.25) is 19.2 Å². The third kappa shape index (κ3) is 12.0. The van der Waals surface area contributed by atoms with Crippen LogP contribution in [0, 0.1) is 17.8 Å². The number of hydrogen-bond acceptors (Lipinski definition) is 5. The van der Waals surface area contributed by atoms with Crippen molar-refractivity contribution in [3.05, 3.63) is 0 Å². The average molecular weight is 497 g/mol. The quantitative estimate of drug-likeness (QED) is 0.268. The van der Waals surface area contributed by atoms with Crippen LogP contribution in [0.5, 0.6) is 0 Å². The van der Waals surface area contributed by atoms with Gasteiger partial charge in [0, 0.05) is 7.05 Å². The molecule has 4 unspecified atom stereocenters. The zero-order valence-corrected chi connectivity index (χ0v) is 23.9. The molecule has 0 aliphatic carbocycles. The summed E-state index contributed by atoms with van der Waals surface area (Å²) < 4.78 is 0. The minimum atomic E-state index is -0.758. The molecule has 0 radical (unpaired) electrons. The van der Waals surface area contributed by atoms with Crippen molar-refractivity contribution in [2.75, 3.05) is 14.1 Å². The van der Waals surface area contributed by atoms with Crippen molar-refractivity contribution in [2.24, 2.45) is 17.8 Å². The van der Waals surface area contributed by atoms with Crippen molar-refractivity contribution >= 4 is 23.5 Å². The molecule has 0 aromatic carbocycles. The summed E-state index contributed by atoms with van der Waals surface area (Å²) in [6, 6.07) is -2.45. The molecule has 0 spiro atoms. The Bertz CT molecular complexity index is 678. The first-order valence-corrected chi connectivity index (χ1v) is 13.3. The monoisotopic (exact) mass is 496 g/mol. The molecule has 4 atom stereocenters. The highest BCUT2D eigenvalue weighted by atomic mass is 16.2. The van der Waals surface area contributed by atoms with Crippen LogP contribution < -0.4 is 16.0 Å². The molecule has 0 aromatic heterocycles. The van der Waals surface area contributed by atoms with Gasteiger partial charge in [0.2, 0.25) is 17.7 Å². The summed E-state index contributed by atoms with van der Waals surface area (Å²) in [4.78, 5) is 53.4. The summed E-state index contributed by atoms with van der Waals surface area (Å²) in [6.45, 7) is 15.4. The van der Waals surface area contributed by atoms with Crippen LogP contribution in [0.3, 0.4) is 0 Å². The van der Waals surface area contributed by atoms with Crippen LogP contribution in [-0.2, 0) is 19.2 Å². The van der Waals surface area contributed by atoms with E-state index >= 15 is 0 Å². The van der Waals surface area contributed by atoms with E-state index in [2.05, 4.69) is 22.9 Å². The van der Waals surface area contributed by atoms with Gasteiger partial charge in [-0.2, -0.15) is 0 Å². The molecular weight excluding hydrogens is 444 g/mol. The van der Waals surface area contributed by atoms with E-state index < -0.39 is 24.2 Å². The summed E-state index contributed by atoms with van der Waals surface area (Å²) in [5.41, 5.74) is 0. The predicted molar refractivity (Wildman–Crippen MR) is 142 cm³/mol. The first-order valence-electron chi connectivity index (χ1n) is 13.3. The second-order valence-corrected chi connectivity index (χ2v) is 11.0. The molecule has 0 saturated heterocycles. The number of nitrogens with one attached hydrogen (secondary N) is 3. The van der Waals surface area contributed by atoms with Crippen LogP contribution >= 0.6 is 0 Å². The number of amides is 3. The molecule has 0 aliphatic rings. The Labute approximate surface area is 213 Å². The number of hydrogen-bond donors (Lipinski definition) is 3. The molecular formula is C27H52N4O4. The van der Waals surface area contributed by atoms with E-state index in [1.165, 1.54) is 11.8 Å². The lowest BCUT2D eigenvalue weighted by atomic mass is 9.97. The van der Waals surface area contributed by atoms with Gasteiger partial charge in [-0.25, -0.2) is 0 Å². The molecule has 8 heteroatoms. The van der Waals surface area contributed by atoms with Crippen molar-refractivity contribution in [2.45, 2.75) is 118 Å². The van der Waals surface area contributed by atoms with E-state index in [-0.39, 0.29) is 35.3 Å². The minimum absolute atomic E-state index is 0.0812. The Morgan fingerprint density at radius 3 is 1.80 bits per heavy atom. The molecule has 0 heterocycles. The summed E-state index contributed by atoms with van der Waals surface area (Å²) in [6.07, 6.45) is 4.58. The summed E-state index contributed by atoms with van der Waals surface area (Å²) >= 11 is 0. The first kappa shape index (κ1) is 33.0. The SMILES string of the molecule is CCCCCC(NC(=O)C(CC(C)C)N(C)C(=O)C(NC(=O)C(CC(C)C)NC)C(C)C)C(C)=O. The molecule has 0 rings (SSSR count). The largest absolute Gasteiger partial charge is 0.345 e. The van der Waals surface area contributed by atoms with Gasteiger partial charge in [-0.1, -0.05) is 67.7 Å². The first-order chi connectivity index (χ1) is 16.3. The normalized spacial score (nSPS) is 15.0. The van der Waals surface area contributed by atoms with Crippen molar-refractivity contribution in [1.82, 2.24) is 20.9 Å². The number of ketones is 1. The molecule has 3 N–H and O–H groups in total. The average Bonchev–Trinajstić information content (AvgIpc) is 2.76. The third-order valence-corrected chi connectivity index (χ3v) is 6.32.